The van der Waals surface area contributed by atoms with Crippen LogP contribution >= 0.6 is 0 Å². The Balaban J connectivity index is 3.15. The second-order valence-electron chi connectivity index (χ2n) is 6.58. The molecule has 2 N–H and O–H groups in total. The number of allylic oxidation sites excluding steroid dienone is 5. The molecule has 0 saturated carbocycles. The molecule has 0 saturated heterocycles. The zero-order valence-corrected chi connectivity index (χ0v) is 15.1. The van der Waals surface area contributed by atoms with Crippen molar-refractivity contribution in [3.05, 3.63) is 34.9 Å². The topological polar surface area (TPSA) is 83.8 Å². The molecule has 5 heteroatoms. The van der Waals surface area contributed by atoms with Crippen molar-refractivity contribution in [3.8, 4) is 0 Å². The van der Waals surface area contributed by atoms with E-state index in [4.69, 9.17) is 4.74 Å². The third-order valence-electron chi connectivity index (χ3n) is 4.60. The van der Waals surface area contributed by atoms with Crippen LogP contribution in [0.4, 0.5) is 0 Å². The quantitative estimate of drug-likeness (QED) is 0.575. The lowest BCUT2D eigenvalue weighted by Crippen LogP contribution is -2.46. The normalized spacial score (nSPS) is 26.9. The molecule has 0 fully saturated rings. The van der Waals surface area contributed by atoms with Crippen molar-refractivity contribution in [2.45, 2.75) is 59.2 Å². The monoisotopic (exact) mass is 336 g/mol. The van der Waals surface area contributed by atoms with E-state index in [0.717, 1.165) is 12.0 Å². The Labute approximate surface area is 143 Å². The zero-order valence-electron chi connectivity index (χ0n) is 15.1. The maximum Gasteiger partial charge on any atom is 0.318 e. The van der Waals surface area contributed by atoms with Crippen molar-refractivity contribution in [1.29, 1.82) is 0 Å². The first-order valence-electron chi connectivity index (χ1n) is 8.18. The fourth-order valence-electron chi connectivity index (χ4n) is 2.84. The van der Waals surface area contributed by atoms with Gasteiger partial charge in [0, 0.05) is 6.42 Å². The third-order valence-corrected chi connectivity index (χ3v) is 4.60. The molecule has 0 amide bonds. The molecule has 0 aromatic rings. The van der Waals surface area contributed by atoms with Gasteiger partial charge in [-0.25, -0.2) is 0 Å². The number of carbonyl (C=O) groups is 2. The number of ether oxygens (including phenoxy) is 1. The van der Waals surface area contributed by atoms with Crippen LogP contribution < -0.4 is 0 Å². The number of esters is 1. The summed E-state index contributed by atoms with van der Waals surface area (Å²) in [5, 5.41) is 19.6. The largest absolute Gasteiger partial charge is 0.468 e. The van der Waals surface area contributed by atoms with Gasteiger partial charge >= 0.3 is 5.97 Å². The van der Waals surface area contributed by atoms with Crippen LogP contribution in [0.5, 0.6) is 0 Å². The van der Waals surface area contributed by atoms with E-state index in [-0.39, 0.29) is 18.3 Å². The Morgan fingerprint density at radius 2 is 2.12 bits per heavy atom. The molecule has 0 aromatic heterocycles. The van der Waals surface area contributed by atoms with Crippen molar-refractivity contribution in [3.63, 3.8) is 0 Å². The number of rotatable bonds is 6. The van der Waals surface area contributed by atoms with Crippen LogP contribution in [0.1, 0.15) is 47.0 Å². The summed E-state index contributed by atoms with van der Waals surface area (Å²) in [6.45, 7) is 6.92. The average Bonchev–Trinajstić information content (AvgIpc) is 2.51. The SMILES string of the molecule is COC(=O)C1(C)C(/C=C/C(C)=C/CCC(C)O)=C(C)C(=O)CC1O. The van der Waals surface area contributed by atoms with Gasteiger partial charge in [-0.1, -0.05) is 23.8 Å². The molecule has 0 radical (unpaired) electrons. The van der Waals surface area contributed by atoms with E-state index >= 15 is 0 Å². The molecule has 0 aromatic carbocycles. The van der Waals surface area contributed by atoms with Gasteiger partial charge in [-0.3, -0.25) is 9.59 Å². The van der Waals surface area contributed by atoms with Crippen LogP contribution in [-0.2, 0) is 14.3 Å². The van der Waals surface area contributed by atoms with E-state index in [2.05, 4.69) is 0 Å². The van der Waals surface area contributed by atoms with Gasteiger partial charge in [0.15, 0.2) is 5.78 Å². The maximum atomic E-state index is 12.2. The first-order valence-corrected chi connectivity index (χ1v) is 8.18. The van der Waals surface area contributed by atoms with E-state index in [1.165, 1.54) is 7.11 Å². The van der Waals surface area contributed by atoms with Crippen LogP contribution in [-0.4, -0.2) is 41.3 Å². The smallest absolute Gasteiger partial charge is 0.318 e. The fraction of sp³-hybridized carbons (Fsp3) is 0.579. The summed E-state index contributed by atoms with van der Waals surface area (Å²) in [7, 11) is 1.27. The van der Waals surface area contributed by atoms with E-state index in [0.29, 0.717) is 17.6 Å². The van der Waals surface area contributed by atoms with Gasteiger partial charge < -0.3 is 14.9 Å². The molecule has 3 unspecified atom stereocenters. The first kappa shape index (κ1) is 20.3. The van der Waals surface area contributed by atoms with E-state index in [9.17, 15) is 19.8 Å². The number of carbonyl (C=O) groups excluding carboxylic acids is 2. The standard InChI is InChI=1S/C19H28O5/c1-12(7-6-8-13(2)20)9-10-15-14(3)16(21)11-17(22)19(15,4)18(23)24-5/h7,9-10,13,17,20,22H,6,8,11H2,1-5H3/b10-9+,12-7+. The third kappa shape index (κ3) is 4.42. The minimum absolute atomic E-state index is 0.0853. The minimum Gasteiger partial charge on any atom is -0.468 e. The highest BCUT2D eigenvalue weighted by Crippen LogP contribution is 2.41. The highest BCUT2D eigenvalue weighted by atomic mass is 16.5. The van der Waals surface area contributed by atoms with Gasteiger partial charge in [-0.2, -0.15) is 0 Å². The number of ketones is 1. The summed E-state index contributed by atoms with van der Waals surface area (Å²) in [5.74, 6) is -0.725. The zero-order chi connectivity index (χ0) is 18.5. The molecular weight excluding hydrogens is 308 g/mol. The Bertz CT molecular complexity index is 583. The fourth-order valence-corrected chi connectivity index (χ4v) is 2.84. The molecule has 134 valence electrons. The summed E-state index contributed by atoms with van der Waals surface area (Å²) in [6, 6.07) is 0. The molecule has 24 heavy (non-hydrogen) atoms. The molecule has 3 atom stereocenters. The van der Waals surface area contributed by atoms with Gasteiger partial charge in [-0.05, 0) is 51.7 Å². The van der Waals surface area contributed by atoms with E-state index in [1.54, 1.807) is 26.8 Å². The lowest BCUT2D eigenvalue weighted by atomic mass is 9.68. The van der Waals surface area contributed by atoms with E-state index < -0.39 is 17.5 Å². The van der Waals surface area contributed by atoms with Gasteiger partial charge in [0.25, 0.3) is 0 Å². The Morgan fingerprint density at radius 3 is 2.67 bits per heavy atom. The number of hydrogen-bond donors (Lipinski definition) is 2. The minimum atomic E-state index is -1.26. The lowest BCUT2D eigenvalue weighted by molar-refractivity contribution is -0.156. The number of aliphatic hydroxyl groups is 2. The van der Waals surface area contributed by atoms with Gasteiger partial charge in [0.1, 0.15) is 5.41 Å². The van der Waals surface area contributed by atoms with Crippen LogP contribution in [0.25, 0.3) is 0 Å². The highest BCUT2D eigenvalue weighted by Gasteiger charge is 2.49. The molecule has 0 spiro atoms. The molecule has 1 rings (SSSR count). The van der Waals surface area contributed by atoms with Crippen LogP contribution in [0.15, 0.2) is 34.9 Å². The second-order valence-corrected chi connectivity index (χ2v) is 6.58. The highest BCUT2D eigenvalue weighted by molar-refractivity contribution is 6.01. The van der Waals surface area contributed by atoms with Gasteiger partial charge in [0.05, 0.1) is 19.3 Å². The Hall–Kier alpha value is -1.72. The Kier molecular flexibility index (Phi) is 7.11. The van der Waals surface area contributed by atoms with Crippen molar-refractivity contribution in [2.75, 3.05) is 7.11 Å². The predicted molar refractivity (Wildman–Crippen MR) is 92.3 cm³/mol. The summed E-state index contributed by atoms with van der Waals surface area (Å²) in [5.41, 5.74) is 0.654. The van der Waals surface area contributed by atoms with Crippen LogP contribution in [0, 0.1) is 5.41 Å². The molecular formula is C19H28O5. The first-order chi connectivity index (χ1) is 11.1. The Morgan fingerprint density at radius 1 is 1.50 bits per heavy atom. The molecule has 1 aliphatic rings. The molecule has 1 aliphatic carbocycles. The molecule has 5 nitrogen and oxygen atoms in total. The van der Waals surface area contributed by atoms with Crippen molar-refractivity contribution in [2.24, 2.45) is 5.41 Å². The van der Waals surface area contributed by atoms with Crippen LogP contribution in [0.3, 0.4) is 0 Å². The van der Waals surface area contributed by atoms with E-state index in [1.807, 2.05) is 19.1 Å². The van der Waals surface area contributed by atoms with Crippen molar-refractivity contribution in [1.82, 2.24) is 0 Å². The van der Waals surface area contributed by atoms with Gasteiger partial charge in [0.2, 0.25) is 0 Å². The number of methoxy groups -OCH3 is 1. The summed E-state index contributed by atoms with van der Waals surface area (Å²) >= 11 is 0. The maximum absolute atomic E-state index is 12.2. The van der Waals surface area contributed by atoms with Crippen molar-refractivity contribution >= 4 is 11.8 Å². The van der Waals surface area contributed by atoms with Crippen molar-refractivity contribution < 1.29 is 24.5 Å². The summed E-state index contributed by atoms with van der Waals surface area (Å²) in [6.07, 6.45) is 5.37. The molecule has 0 bridgehead atoms. The summed E-state index contributed by atoms with van der Waals surface area (Å²) in [4.78, 5) is 24.3. The molecule has 0 aliphatic heterocycles. The predicted octanol–water partition coefficient (Wildman–Crippen LogP) is 2.48. The number of Topliss-reactive ketones (excluding diaryl/α,β-unsaturated/α-hetero) is 1. The van der Waals surface area contributed by atoms with Gasteiger partial charge in [-0.15, -0.1) is 0 Å². The number of hydrogen-bond acceptors (Lipinski definition) is 5. The second kappa shape index (κ2) is 8.40. The average molecular weight is 336 g/mol. The number of aliphatic hydroxyl groups excluding tert-OH is 2. The summed E-state index contributed by atoms with van der Waals surface area (Å²) < 4.78 is 4.85. The molecule has 0 heterocycles. The lowest BCUT2D eigenvalue weighted by Gasteiger charge is -2.37. The van der Waals surface area contributed by atoms with Crippen LogP contribution in [0.2, 0.25) is 0 Å².